The van der Waals surface area contributed by atoms with Crippen molar-refractivity contribution in [2.24, 2.45) is 0 Å². The zero-order chi connectivity index (χ0) is 18.3. The molecular formula is C19H18BrCl3FeP. The van der Waals surface area contributed by atoms with Gasteiger partial charge in [0.2, 0.25) is 0 Å². The van der Waals surface area contributed by atoms with E-state index < -0.39 is 15.6 Å². The Labute approximate surface area is 172 Å². The van der Waals surface area contributed by atoms with Crippen LogP contribution in [0.4, 0.5) is 0 Å². The molecule has 0 saturated heterocycles. The summed E-state index contributed by atoms with van der Waals surface area (Å²) in [5.41, 5.74) is 0. The first kappa shape index (κ1) is 21.3. The SMILES string of the molecule is C[P+](c1ccccc1)(c1ccccc1)c1ccccc1.[Cl][Fe-]([Cl])([Cl])[Br]. The molecule has 0 aliphatic heterocycles. The van der Waals surface area contributed by atoms with Crippen molar-refractivity contribution in [2.45, 2.75) is 0 Å². The molecule has 3 rings (SSSR count). The van der Waals surface area contributed by atoms with Gasteiger partial charge in [-0.15, -0.1) is 0 Å². The van der Waals surface area contributed by atoms with Crippen LogP contribution in [0.25, 0.3) is 0 Å². The molecule has 0 aromatic heterocycles. The monoisotopic (exact) mass is 517 g/mol. The molecule has 3 aromatic carbocycles. The molecule has 0 saturated carbocycles. The Morgan fingerprint density at radius 1 is 0.600 bits per heavy atom. The minimum atomic E-state index is -2.27. The average molecular weight is 519 g/mol. The normalized spacial score (nSPS) is 12.0. The molecule has 0 spiro atoms. The summed E-state index contributed by atoms with van der Waals surface area (Å²) < 4.78 is 0. The first-order valence-electron chi connectivity index (χ1n) is 7.38. The van der Waals surface area contributed by atoms with Gasteiger partial charge in [0.05, 0.1) is 6.66 Å². The van der Waals surface area contributed by atoms with Gasteiger partial charge in [-0.1, -0.05) is 54.6 Å². The van der Waals surface area contributed by atoms with Gasteiger partial charge in [-0.3, -0.25) is 0 Å². The van der Waals surface area contributed by atoms with Gasteiger partial charge >= 0.3 is 52.7 Å². The van der Waals surface area contributed by atoms with Crippen LogP contribution in [0, 0.1) is 0 Å². The third-order valence-corrected chi connectivity index (χ3v) is 7.81. The quantitative estimate of drug-likeness (QED) is 0.273. The van der Waals surface area contributed by atoms with E-state index in [-0.39, 0.29) is 0 Å². The van der Waals surface area contributed by atoms with E-state index in [1.54, 1.807) is 0 Å². The standard InChI is InChI=1S/C19H18P.BrH.3ClH.Fe/c1-20(17-11-5-2-6-12-17,18-13-7-3-8-14-18)19-15-9-4-10-16-19;;;;;/h2-16H,1H3;4*1H;/q+1;;;;;+3/p-4. The number of hydrogen-bond donors (Lipinski definition) is 0. The van der Waals surface area contributed by atoms with E-state index in [0.29, 0.717) is 0 Å². The predicted octanol–water partition coefficient (Wildman–Crippen LogP) is 6.52. The van der Waals surface area contributed by atoms with Crippen LogP contribution in [-0.2, 0) is 8.30 Å². The van der Waals surface area contributed by atoms with Crippen molar-refractivity contribution in [3.05, 3.63) is 91.0 Å². The molecular weight excluding hydrogens is 501 g/mol. The maximum atomic E-state index is 5.10. The van der Waals surface area contributed by atoms with Crippen LogP contribution in [0.3, 0.4) is 0 Å². The molecule has 0 nitrogen and oxygen atoms in total. The topological polar surface area (TPSA) is 0 Å². The summed E-state index contributed by atoms with van der Waals surface area (Å²) in [6.07, 6.45) is 0. The molecule has 135 valence electrons. The molecule has 0 fully saturated rings. The Hall–Kier alpha value is -0.0405. The molecule has 0 unspecified atom stereocenters. The van der Waals surface area contributed by atoms with E-state index in [2.05, 4.69) is 112 Å². The summed E-state index contributed by atoms with van der Waals surface area (Å²) in [6.45, 7) is 2.41. The molecule has 25 heavy (non-hydrogen) atoms. The van der Waals surface area contributed by atoms with Gasteiger partial charge < -0.3 is 0 Å². The molecule has 0 amide bonds. The van der Waals surface area contributed by atoms with Gasteiger partial charge in [-0.25, -0.2) is 0 Å². The number of rotatable bonds is 3. The molecule has 0 radical (unpaired) electrons. The van der Waals surface area contributed by atoms with Crippen molar-refractivity contribution in [3.63, 3.8) is 0 Å². The van der Waals surface area contributed by atoms with Gasteiger partial charge in [-0.2, -0.15) is 0 Å². The second-order valence-corrected chi connectivity index (χ2v) is 23.9. The number of halogens is 4. The molecule has 0 bridgehead atoms. The second-order valence-electron chi connectivity index (χ2n) is 5.32. The van der Waals surface area contributed by atoms with Gasteiger partial charge in [-0.05, 0) is 36.4 Å². The third-order valence-electron chi connectivity index (χ3n) is 3.82. The maximum absolute atomic E-state index is 5.10. The summed E-state index contributed by atoms with van der Waals surface area (Å²) in [4.78, 5) is 0. The van der Waals surface area contributed by atoms with Crippen LogP contribution in [-0.4, -0.2) is 6.66 Å². The Kier molecular flexibility index (Phi) is 8.31. The van der Waals surface area contributed by atoms with Gasteiger partial charge in [0.15, 0.2) is 0 Å². The Morgan fingerprint density at radius 3 is 1.00 bits per heavy atom. The van der Waals surface area contributed by atoms with E-state index >= 15 is 0 Å². The summed E-state index contributed by atoms with van der Waals surface area (Å²) in [5, 5.41) is 4.28. The van der Waals surface area contributed by atoms with Crippen LogP contribution >= 0.6 is 51.7 Å². The Bertz CT molecular complexity index is 662. The second kappa shape index (κ2) is 9.77. The first-order valence-corrected chi connectivity index (χ1v) is 16.9. The van der Waals surface area contributed by atoms with Crippen LogP contribution in [0.15, 0.2) is 91.0 Å². The van der Waals surface area contributed by atoms with Crippen molar-refractivity contribution in [1.29, 1.82) is 0 Å². The molecule has 0 aliphatic rings. The third kappa shape index (κ3) is 6.56. The van der Waals surface area contributed by atoms with E-state index in [9.17, 15) is 0 Å². The van der Waals surface area contributed by atoms with E-state index in [1.165, 1.54) is 15.9 Å². The van der Waals surface area contributed by atoms with Gasteiger partial charge in [0, 0.05) is 0 Å². The van der Waals surface area contributed by atoms with Crippen molar-refractivity contribution in [2.75, 3.05) is 6.66 Å². The molecule has 0 N–H and O–H groups in total. The fourth-order valence-electron chi connectivity index (χ4n) is 2.63. The summed E-state index contributed by atoms with van der Waals surface area (Å²) >= 11 is 2.80. The van der Waals surface area contributed by atoms with Crippen molar-refractivity contribution >= 4 is 67.6 Å². The van der Waals surface area contributed by atoms with Crippen molar-refractivity contribution in [1.82, 2.24) is 0 Å². The van der Waals surface area contributed by atoms with Gasteiger partial charge in [0.1, 0.15) is 23.2 Å². The Balaban J connectivity index is 0.000000399. The van der Waals surface area contributed by atoms with Crippen molar-refractivity contribution in [3.8, 4) is 0 Å². The average Bonchev–Trinajstić information content (AvgIpc) is 2.62. The molecule has 0 aliphatic carbocycles. The van der Waals surface area contributed by atoms with E-state index in [0.717, 1.165) is 0 Å². The van der Waals surface area contributed by atoms with Crippen LogP contribution in [0.5, 0.6) is 0 Å². The van der Waals surface area contributed by atoms with Crippen LogP contribution in [0.1, 0.15) is 0 Å². The number of hydrogen-bond acceptors (Lipinski definition) is 0. The fraction of sp³-hybridized carbons (Fsp3) is 0.0526. The number of benzene rings is 3. The Morgan fingerprint density at radius 2 is 0.800 bits per heavy atom. The van der Waals surface area contributed by atoms with Crippen molar-refractivity contribution < 1.29 is 8.30 Å². The van der Waals surface area contributed by atoms with Gasteiger partial charge in [0.25, 0.3) is 0 Å². The van der Waals surface area contributed by atoms with Crippen LogP contribution in [0.2, 0.25) is 0 Å². The van der Waals surface area contributed by atoms with E-state index in [1.807, 2.05) is 0 Å². The summed E-state index contributed by atoms with van der Waals surface area (Å²) in [5.74, 6) is 0. The predicted molar refractivity (Wildman–Crippen MR) is 118 cm³/mol. The fourth-order valence-corrected chi connectivity index (χ4v) is 5.83. The summed E-state index contributed by atoms with van der Waals surface area (Å²) in [7, 11) is 11.5. The van der Waals surface area contributed by atoms with E-state index in [4.69, 9.17) is 30.3 Å². The zero-order valence-corrected chi connectivity index (χ0v) is 19.3. The molecule has 0 heterocycles. The minimum absolute atomic E-state index is 1.43. The zero-order valence-electron chi connectivity index (χ0n) is 13.5. The first-order chi connectivity index (χ1) is 11.8. The molecule has 6 heteroatoms. The molecule has 0 atom stereocenters. The van der Waals surface area contributed by atoms with Crippen LogP contribution < -0.4 is 15.9 Å². The summed E-state index contributed by atoms with van der Waals surface area (Å²) in [6, 6.07) is 32.6. The molecule has 3 aromatic rings.